The molecule has 0 saturated heterocycles. The highest BCUT2D eigenvalue weighted by molar-refractivity contribution is 7.11. The van der Waals surface area contributed by atoms with Gasteiger partial charge >= 0.3 is 5.97 Å². The second-order valence-corrected chi connectivity index (χ2v) is 5.34. The number of carbonyl (C=O) groups excluding carboxylic acids is 2. The molecule has 0 aliphatic rings. The fourth-order valence-corrected chi connectivity index (χ4v) is 2.24. The van der Waals surface area contributed by atoms with Gasteiger partial charge in [0.2, 0.25) is 5.91 Å². The van der Waals surface area contributed by atoms with Gasteiger partial charge in [0.05, 0.1) is 5.56 Å². The van der Waals surface area contributed by atoms with Gasteiger partial charge in [-0.05, 0) is 25.5 Å². The van der Waals surface area contributed by atoms with Crippen molar-refractivity contribution in [3.63, 3.8) is 0 Å². The maximum absolute atomic E-state index is 12.0. The molecule has 0 radical (unpaired) electrons. The van der Waals surface area contributed by atoms with Crippen LogP contribution in [0.25, 0.3) is 6.08 Å². The molecule has 1 aromatic heterocycles. The van der Waals surface area contributed by atoms with Gasteiger partial charge in [-0.15, -0.1) is 11.3 Å². The van der Waals surface area contributed by atoms with E-state index in [1.54, 1.807) is 18.4 Å². The molecule has 1 heterocycles. The number of carboxylic acids is 1. The van der Waals surface area contributed by atoms with Crippen molar-refractivity contribution in [2.45, 2.75) is 26.3 Å². The van der Waals surface area contributed by atoms with Gasteiger partial charge in [-0.25, -0.2) is 4.79 Å². The molecule has 0 aromatic carbocycles. The molecule has 1 atom stereocenters. The molecule has 0 aliphatic heterocycles. The van der Waals surface area contributed by atoms with E-state index < -0.39 is 12.0 Å². The Kier molecular flexibility index (Phi) is 6.61. The van der Waals surface area contributed by atoms with E-state index in [1.165, 1.54) is 17.4 Å². The Bertz CT molecular complexity index is 551. The van der Waals surface area contributed by atoms with Crippen LogP contribution in [0.3, 0.4) is 0 Å². The van der Waals surface area contributed by atoms with Gasteiger partial charge in [-0.1, -0.05) is 6.92 Å². The van der Waals surface area contributed by atoms with Gasteiger partial charge in [0.1, 0.15) is 6.04 Å². The minimum absolute atomic E-state index is 0.230. The molecule has 1 aromatic rings. The SMILES string of the molecule is CCCNC(=O)C(C)NC(=O)c1csc(C=CC(=O)O)c1. The van der Waals surface area contributed by atoms with Crippen LogP contribution >= 0.6 is 11.3 Å². The van der Waals surface area contributed by atoms with E-state index in [2.05, 4.69) is 10.6 Å². The highest BCUT2D eigenvalue weighted by atomic mass is 32.1. The quantitative estimate of drug-likeness (QED) is 0.665. The zero-order chi connectivity index (χ0) is 15.8. The second kappa shape index (κ2) is 8.21. The van der Waals surface area contributed by atoms with Crippen LogP contribution in [0.1, 0.15) is 35.5 Å². The summed E-state index contributed by atoms with van der Waals surface area (Å²) in [5, 5.41) is 15.5. The molecule has 0 aliphatic carbocycles. The third-order valence-corrected chi connectivity index (χ3v) is 3.46. The van der Waals surface area contributed by atoms with Crippen LogP contribution in [0.5, 0.6) is 0 Å². The Morgan fingerprint density at radius 1 is 1.43 bits per heavy atom. The van der Waals surface area contributed by atoms with E-state index in [0.29, 0.717) is 17.0 Å². The smallest absolute Gasteiger partial charge is 0.328 e. The Morgan fingerprint density at radius 2 is 2.14 bits per heavy atom. The molecule has 3 N–H and O–H groups in total. The van der Waals surface area contributed by atoms with E-state index in [-0.39, 0.29) is 11.8 Å². The molecule has 0 saturated carbocycles. The molecule has 1 rings (SSSR count). The van der Waals surface area contributed by atoms with Crippen molar-refractivity contribution >= 4 is 35.2 Å². The molecule has 2 amide bonds. The van der Waals surface area contributed by atoms with Gasteiger partial charge < -0.3 is 15.7 Å². The van der Waals surface area contributed by atoms with E-state index in [9.17, 15) is 14.4 Å². The first-order valence-corrected chi connectivity index (χ1v) is 7.40. The number of hydrogen-bond acceptors (Lipinski definition) is 4. The summed E-state index contributed by atoms with van der Waals surface area (Å²) in [5.74, 6) is -1.64. The summed E-state index contributed by atoms with van der Waals surface area (Å²) in [6, 6.07) is 0.956. The van der Waals surface area contributed by atoms with Crippen molar-refractivity contribution < 1.29 is 19.5 Å². The fraction of sp³-hybridized carbons (Fsp3) is 0.357. The molecule has 6 nitrogen and oxygen atoms in total. The van der Waals surface area contributed by atoms with Crippen LogP contribution in [0.4, 0.5) is 0 Å². The monoisotopic (exact) mass is 310 g/mol. The molecule has 7 heteroatoms. The van der Waals surface area contributed by atoms with Gasteiger partial charge in [-0.2, -0.15) is 0 Å². The van der Waals surface area contributed by atoms with Crippen molar-refractivity contribution in [1.82, 2.24) is 10.6 Å². The van der Waals surface area contributed by atoms with E-state index in [4.69, 9.17) is 5.11 Å². The standard InChI is InChI=1S/C14H18N2O4S/c1-3-6-15-13(19)9(2)16-14(20)10-7-11(21-8-10)4-5-12(17)18/h4-5,7-9H,3,6H2,1-2H3,(H,15,19)(H,16,20)(H,17,18). The molecule has 114 valence electrons. The Morgan fingerprint density at radius 3 is 2.76 bits per heavy atom. The van der Waals surface area contributed by atoms with Crippen LogP contribution in [0.15, 0.2) is 17.5 Å². The third kappa shape index (κ3) is 5.78. The largest absolute Gasteiger partial charge is 0.478 e. The van der Waals surface area contributed by atoms with Gasteiger partial charge in [-0.3, -0.25) is 9.59 Å². The molecular formula is C14H18N2O4S. The number of carbonyl (C=O) groups is 3. The van der Waals surface area contributed by atoms with Crippen molar-refractivity contribution in [3.05, 3.63) is 28.0 Å². The van der Waals surface area contributed by atoms with Crippen LogP contribution in [-0.4, -0.2) is 35.5 Å². The number of hydrogen-bond donors (Lipinski definition) is 3. The van der Waals surface area contributed by atoms with Crippen LogP contribution in [-0.2, 0) is 9.59 Å². The average molecular weight is 310 g/mol. The summed E-state index contributed by atoms with van der Waals surface area (Å²) in [5.41, 5.74) is 0.403. The number of nitrogens with one attached hydrogen (secondary N) is 2. The molecule has 21 heavy (non-hydrogen) atoms. The highest BCUT2D eigenvalue weighted by Gasteiger charge is 2.16. The fourth-order valence-electron chi connectivity index (χ4n) is 1.46. The Labute approximate surface area is 126 Å². The van der Waals surface area contributed by atoms with Gasteiger partial charge in [0, 0.05) is 22.9 Å². The third-order valence-electron chi connectivity index (χ3n) is 2.56. The lowest BCUT2D eigenvalue weighted by molar-refractivity contribution is -0.131. The summed E-state index contributed by atoms with van der Waals surface area (Å²) in [6.45, 7) is 4.13. The first-order chi connectivity index (χ1) is 9.93. The normalized spacial score (nSPS) is 12.1. The average Bonchev–Trinajstić information content (AvgIpc) is 2.91. The minimum Gasteiger partial charge on any atom is -0.478 e. The summed E-state index contributed by atoms with van der Waals surface area (Å²) in [4.78, 5) is 34.7. The Balaban J connectivity index is 2.59. The van der Waals surface area contributed by atoms with E-state index in [1.807, 2.05) is 6.92 Å². The number of rotatable bonds is 7. The first-order valence-electron chi connectivity index (χ1n) is 6.52. The number of amides is 2. The van der Waals surface area contributed by atoms with Gasteiger partial charge in [0.15, 0.2) is 0 Å². The first kappa shape index (κ1) is 16.9. The molecule has 0 bridgehead atoms. The van der Waals surface area contributed by atoms with Crippen molar-refractivity contribution in [2.24, 2.45) is 0 Å². The lowest BCUT2D eigenvalue weighted by atomic mass is 10.2. The topological polar surface area (TPSA) is 95.5 Å². The number of aliphatic carboxylic acids is 1. The maximum Gasteiger partial charge on any atom is 0.328 e. The predicted molar refractivity (Wildman–Crippen MR) is 81.2 cm³/mol. The van der Waals surface area contributed by atoms with Crippen molar-refractivity contribution in [2.75, 3.05) is 6.54 Å². The lowest BCUT2D eigenvalue weighted by Crippen LogP contribution is -2.44. The maximum atomic E-state index is 12.0. The zero-order valence-electron chi connectivity index (χ0n) is 11.9. The highest BCUT2D eigenvalue weighted by Crippen LogP contribution is 2.16. The summed E-state index contributed by atoms with van der Waals surface area (Å²) in [7, 11) is 0. The number of carboxylic acid groups (broad SMARTS) is 1. The van der Waals surface area contributed by atoms with Crippen molar-refractivity contribution in [3.8, 4) is 0 Å². The van der Waals surface area contributed by atoms with Gasteiger partial charge in [0.25, 0.3) is 5.91 Å². The summed E-state index contributed by atoms with van der Waals surface area (Å²) >= 11 is 1.26. The number of thiophene rings is 1. The minimum atomic E-state index is -1.05. The van der Waals surface area contributed by atoms with E-state index in [0.717, 1.165) is 12.5 Å². The molecule has 1 unspecified atom stereocenters. The summed E-state index contributed by atoms with van der Waals surface area (Å²) < 4.78 is 0. The predicted octanol–water partition coefficient (Wildman–Crippen LogP) is 1.49. The molecular weight excluding hydrogens is 292 g/mol. The summed E-state index contributed by atoms with van der Waals surface area (Å²) in [6.07, 6.45) is 3.26. The van der Waals surface area contributed by atoms with Crippen LogP contribution < -0.4 is 10.6 Å². The molecule has 0 fully saturated rings. The lowest BCUT2D eigenvalue weighted by Gasteiger charge is -2.13. The van der Waals surface area contributed by atoms with Crippen LogP contribution in [0, 0.1) is 0 Å². The molecule has 0 spiro atoms. The second-order valence-electron chi connectivity index (χ2n) is 4.40. The Hall–Kier alpha value is -2.15. The zero-order valence-corrected chi connectivity index (χ0v) is 12.7. The van der Waals surface area contributed by atoms with Crippen molar-refractivity contribution in [1.29, 1.82) is 0 Å². The van der Waals surface area contributed by atoms with Crippen LogP contribution in [0.2, 0.25) is 0 Å². The van der Waals surface area contributed by atoms with E-state index >= 15 is 0 Å².